The highest BCUT2D eigenvalue weighted by Crippen LogP contribution is 2.27. The van der Waals surface area contributed by atoms with Crippen LogP contribution in [-0.4, -0.2) is 21.0 Å². The zero-order valence-electron chi connectivity index (χ0n) is 10.3. The molecule has 1 fully saturated rings. The van der Waals surface area contributed by atoms with E-state index in [0.29, 0.717) is 6.54 Å². The molecule has 0 heterocycles. The number of hydrogen-bond acceptors (Lipinski definition) is 3. The monoisotopic (exact) mass is 306 g/mol. The van der Waals surface area contributed by atoms with Gasteiger partial charge >= 0.3 is 0 Å². The van der Waals surface area contributed by atoms with Crippen LogP contribution in [0.2, 0.25) is 5.02 Å². The first kappa shape index (κ1) is 14.7. The van der Waals surface area contributed by atoms with Crippen LogP contribution in [0.15, 0.2) is 23.1 Å². The summed E-state index contributed by atoms with van der Waals surface area (Å²) in [5.74, 6) is -0.729. The summed E-state index contributed by atoms with van der Waals surface area (Å²) in [5, 5.41) is 0.164. The number of benzene rings is 1. The molecular formula is C12H16ClFN2O2S. The van der Waals surface area contributed by atoms with E-state index in [-0.39, 0.29) is 21.9 Å². The van der Waals surface area contributed by atoms with Gasteiger partial charge in [-0.15, -0.1) is 0 Å². The standard InChI is InChI=1S/C12H16ClFN2O2S/c13-9-4-5-12(10(14)6-9)19(17,18)16-11-3-1-2-8(11)7-15/h4-6,8,11,16H,1-3,7,15H2/t8-,11+/m0/s1. The van der Waals surface area contributed by atoms with Crippen LogP contribution < -0.4 is 10.5 Å². The fourth-order valence-corrected chi connectivity index (χ4v) is 3.99. The molecule has 1 saturated carbocycles. The molecule has 0 saturated heterocycles. The van der Waals surface area contributed by atoms with E-state index < -0.39 is 15.8 Å². The zero-order chi connectivity index (χ0) is 14.0. The van der Waals surface area contributed by atoms with Crippen molar-refractivity contribution in [2.45, 2.75) is 30.2 Å². The predicted molar refractivity (Wildman–Crippen MR) is 71.9 cm³/mol. The minimum atomic E-state index is -3.87. The second kappa shape index (κ2) is 5.75. The highest BCUT2D eigenvalue weighted by Gasteiger charge is 2.31. The van der Waals surface area contributed by atoms with Crippen LogP contribution in [-0.2, 0) is 10.0 Å². The average Bonchev–Trinajstić information content (AvgIpc) is 2.74. The van der Waals surface area contributed by atoms with E-state index in [1.807, 2.05) is 0 Å². The van der Waals surface area contributed by atoms with Crippen molar-refractivity contribution in [2.75, 3.05) is 6.54 Å². The fourth-order valence-electron chi connectivity index (χ4n) is 2.43. The molecule has 19 heavy (non-hydrogen) atoms. The lowest BCUT2D eigenvalue weighted by molar-refractivity contribution is 0.451. The molecule has 2 atom stereocenters. The SMILES string of the molecule is NC[C@@H]1CCC[C@H]1NS(=O)(=O)c1ccc(Cl)cc1F. The number of rotatable bonds is 4. The molecule has 0 aliphatic heterocycles. The summed E-state index contributed by atoms with van der Waals surface area (Å²) in [4.78, 5) is -0.375. The summed E-state index contributed by atoms with van der Waals surface area (Å²) in [5.41, 5.74) is 5.61. The van der Waals surface area contributed by atoms with Gasteiger partial charge in [-0.25, -0.2) is 17.5 Å². The maximum Gasteiger partial charge on any atom is 0.243 e. The molecule has 0 unspecified atom stereocenters. The van der Waals surface area contributed by atoms with Crippen molar-refractivity contribution in [3.05, 3.63) is 29.0 Å². The lowest BCUT2D eigenvalue weighted by Crippen LogP contribution is -2.40. The summed E-state index contributed by atoms with van der Waals surface area (Å²) in [6.45, 7) is 0.427. The van der Waals surface area contributed by atoms with E-state index in [4.69, 9.17) is 17.3 Å². The Labute approximate surface area is 117 Å². The highest BCUT2D eigenvalue weighted by molar-refractivity contribution is 7.89. The minimum absolute atomic E-state index is 0.116. The molecule has 1 aliphatic carbocycles. The average molecular weight is 307 g/mol. The quantitative estimate of drug-likeness (QED) is 0.892. The minimum Gasteiger partial charge on any atom is -0.330 e. The van der Waals surface area contributed by atoms with Crippen molar-refractivity contribution >= 4 is 21.6 Å². The number of halogens is 2. The second-order valence-corrected chi connectivity index (χ2v) is 6.85. The molecule has 0 amide bonds. The Balaban J connectivity index is 2.23. The number of hydrogen-bond donors (Lipinski definition) is 2. The van der Waals surface area contributed by atoms with Gasteiger partial charge in [-0.05, 0) is 43.5 Å². The lowest BCUT2D eigenvalue weighted by Gasteiger charge is -2.19. The summed E-state index contributed by atoms with van der Waals surface area (Å²) in [7, 11) is -3.87. The van der Waals surface area contributed by atoms with E-state index in [9.17, 15) is 12.8 Å². The van der Waals surface area contributed by atoms with E-state index in [2.05, 4.69) is 4.72 Å². The van der Waals surface area contributed by atoms with E-state index in [1.165, 1.54) is 12.1 Å². The Morgan fingerprint density at radius 3 is 2.79 bits per heavy atom. The summed E-state index contributed by atoms with van der Waals surface area (Å²) in [6.07, 6.45) is 2.56. The maximum atomic E-state index is 13.7. The van der Waals surface area contributed by atoms with E-state index in [0.717, 1.165) is 25.3 Å². The Morgan fingerprint density at radius 2 is 2.16 bits per heavy atom. The molecule has 1 aliphatic rings. The van der Waals surface area contributed by atoms with Crippen LogP contribution in [0.4, 0.5) is 4.39 Å². The molecule has 3 N–H and O–H groups in total. The second-order valence-electron chi connectivity index (χ2n) is 4.73. The van der Waals surface area contributed by atoms with Crippen LogP contribution in [0.1, 0.15) is 19.3 Å². The van der Waals surface area contributed by atoms with Crippen LogP contribution in [0.5, 0.6) is 0 Å². The van der Waals surface area contributed by atoms with Crippen molar-refractivity contribution in [1.29, 1.82) is 0 Å². The van der Waals surface area contributed by atoms with Crippen LogP contribution >= 0.6 is 11.6 Å². The predicted octanol–water partition coefficient (Wildman–Crippen LogP) is 1.88. The molecule has 106 valence electrons. The van der Waals surface area contributed by atoms with E-state index in [1.54, 1.807) is 0 Å². The molecule has 0 spiro atoms. The summed E-state index contributed by atoms with van der Waals surface area (Å²) >= 11 is 5.61. The summed E-state index contributed by atoms with van der Waals surface area (Å²) < 4.78 is 40.5. The normalized spacial score (nSPS) is 23.7. The molecule has 1 aromatic rings. The summed E-state index contributed by atoms with van der Waals surface area (Å²) in [6, 6.07) is 3.30. The third-order valence-corrected chi connectivity index (χ3v) is 5.21. The van der Waals surface area contributed by atoms with Gasteiger partial charge in [-0.1, -0.05) is 18.0 Å². The van der Waals surface area contributed by atoms with Crippen molar-refractivity contribution in [2.24, 2.45) is 11.7 Å². The number of nitrogens with one attached hydrogen (secondary N) is 1. The van der Waals surface area contributed by atoms with Crippen molar-refractivity contribution in [3.63, 3.8) is 0 Å². The highest BCUT2D eigenvalue weighted by atomic mass is 35.5. The molecule has 0 bridgehead atoms. The van der Waals surface area contributed by atoms with Crippen molar-refractivity contribution in [1.82, 2.24) is 4.72 Å². The molecular weight excluding hydrogens is 291 g/mol. The Hall–Kier alpha value is -0.690. The van der Waals surface area contributed by atoms with E-state index >= 15 is 0 Å². The molecule has 0 radical (unpaired) electrons. The first-order valence-corrected chi connectivity index (χ1v) is 7.97. The van der Waals surface area contributed by atoms with Gasteiger partial charge in [-0.2, -0.15) is 0 Å². The third kappa shape index (κ3) is 3.25. The topological polar surface area (TPSA) is 72.2 Å². The molecule has 7 heteroatoms. The lowest BCUT2D eigenvalue weighted by atomic mass is 10.1. The number of nitrogens with two attached hydrogens (primary N) is 1. The van der Waals surface area contributed by atoms with Crippen molar-refractivity contribution < 1.29 is 12.8 Å². The van der Waals surface area contributed by atoms with Crippen molar-refractivity contribution in [3.8, 4) is 0 Å². The van der Waals surface area contributed by atoms with Gasteiger partial charge < -0.3 is 5.73 Å². The Bertz CT molecular complexity index is 565. The largest absolute Gasteiger partial charge is 0.330 e. The van der Waals surface area contributed by atoms with Gasteiger partial charge in [0.1, 0.15) is 10.7 Å². The van der Waals surface area contributed by atoms with Gasteiger partial charge in [0.05, 0.1) is 0 Å². The Kier molecular flexibility index (Phi) is 4.45. The first-order chi connectivity index (χ1) is 8.94. The van der Waals surface area contributed by atoms with Gasteiger partial charge in [-0.3, -0.25) is 0 Å². The molecule has 4 nitrogen and oxygen atoms in total. The van der Waals surface area contributed by atoms with Gasteiger partial charge in [0.15, 0.2) is 0 Å². The molecule has 0 aromatic heterocycles. The van der Waals surface area contributed by atoms with Gasteiger partial charge in [0.2, 0.25) is 10.0 Å². The van der Waals surface area contributed by atoms with Crippen LogP contribution in [0, 0.1) is 11.7 Å². The molecule has 1 aromatic carbocycles. The first-order valence-electron chi connectivity index (χ1n) is 6.11. The maximum absolute atomic E-state index is 13.7. The van der Waals surface area contributed by atoms with Crippen LogP contribution in [0.3, 0.4) is 0 Å². The number of sulfonamides is 1. The van der Waals surface area contributed by atoms with Crippen LogP contribution in [0.25, 0.3) is 0 Å². The van der Waals surface area contributed by atoms with Gasteiger partial charge in [0.25, 0.3) is 0 Å². The van der Waals surface area contributed by atoms with Gasteiger partial charge in [0, 0.05) is 11.1 Å². The smallest absolute Gasteiger partial charge is 0.243 e. The molecule has 2 rings (SSSR count). The Morgan fingerprint density at radius 1 is 1.42 bits per heavy atom. The zero-order valence-corrected chi connectivity index (χ0v) is 11.8. The fraction of sp³-hybridized carbons (Fsp3) is 0.500. The third-order valence-electron chi connectivity index (χ3n) is 3.45.